The number of anilines is 1. The highest BCUT2D eigenvalue weighted by molar-refractivity contribution is 6.32. The first-order chi connectivity index (χ1) is 11.5. The molecule has 0 atom stereocenters. The Bertz CT molecular complexity index is 955. The van der Waals surface area contributed by atoms with Gasteiger partial charge in [-0.15, -0.1) is 0 Å². The second-order valence-corrected chi connectivity index (χ2v) is 5.59. The van der Waals surface area contributed by atoms with Crippen LogP contribution >= 0.6 is 11.6 Å². The molecule has 0 fully saturated rings. The van der Waals surface area contributed by atoms with Crippen molar-refractivity contribution >= 4 is 39.8 Å². The smallest absolute Gasteiger partial charge is 0.269 e. The number of halogens is 1. The Morgan fingerprint density at radius 1 is 1.17 bits per heavy atom. The number of nitro benzene ring substituents is 1. The SMILES string of the molecule is Cc1c(Cl)ccc2c(NC(=O)c3ccc([N+](=O)[O-])cc3)ccnc12. The summed E-state index contributed by atoms with van der Waals surface area (Å²) in [5, 5.41) is 14.8. The number of fused-ring (bicyclic) bond motifs is 1. The van der Waals surface area contributed by atoms with E-state index in [2.05, 4.69) is 10.3 Å². The summed E-state index contributed by atoms with van der Waals surface area (Å²) in [7, 11) is 0. The van der Waals surface area contributed by atoms with Crippen LogP contribution in [0.5, 0.6) is 0 Å². The lowest BCUT2D eigenvalue weighted by molar-refractivity contribution is -0.384. The average Bonchev–Trinajstić information content (AvgIpc) is 2.58. The summed E-state index contributed by atoms with van der Waals surface area (Å²) < 4.78 is 0. The van der Waals surface area contributed by atoms with Crippen molar-refractivity contribution in [3.63, 3.8) is 0 Å². The van der Waals surface area contributed by atoms with Crippen LogP contribution in [0.4, 0.5) is 11.4 Å². The van der Waals surface area contributed by atoms with E-state index in [1.807, 2.05) is 6.92 Å². The molecule has 0 aliphatic heterocycles. The Balaban J connectivity index is 1.93. The van der Waals surface area contributed by atoms with Gasteiger partial charge in [0.1, 0.15) is 0 Å². The van der Waals surface area contributed by atoms with Gasteiger partial charge >= 0.3 is 0 Å². The Hall–Kier alpha value is -2.99. The highest BCUT2D eigenvalue weighted by Crippen LogP contribution is 2.28. The number of rotatable bonds is 3. The number of non-ortho nitro benzene ring substituents is 1. The lowest BCUT2D eigenvalue weighted by Crippen LogP contribution is -2.12. The highest BCUT2D eigenvalue weighted by atomic mass is 35.5. The molecular weight excluding hydrogens is 330 g/mol. The van der Waals surface area contributed by atoms with Crippen LogP contribution in [0.2, 0.25) is 5.02 Å². The van der Waals surface area contributed by atoms with E-state index in [-0.39, 0.29) is 11.6 Å². The van der Waals surface area contributed by atoms with Gasteiger partial charge in [-0.2, -0.15) is 0 Å². The molecule has 1 heterocycles. The maximum atomic E-state index is 12.4. The van der Waals surface area contributed by atoms with Gasteiger partial charge in [-0.3, -0.25) is 19.9 Å². The van der Waals surface area contributed by atoms with Crippen molar-refractivity contribution in [3.05, 3.63) is 74.9 Å². The molecule has 0 saturated carbocycles. The number of aryl methyl sites for hydroxylation is 1. The molecule has 0 unspecified atom stereocenters. The normalized spacial score (nSPS) is 10.6. The topological polar surface area (TPSA) is 85.1 Å². The van der Waals surface area contributed by atoms with Crippen molar-refractivity contribution in [2.75, 3.05) is 5.32 Å². The zero-order valence-corrected chi connectivity index (χ0v) is 13.4. The fourth-order valence-electron chi connectivity index (χ4n) is 2.37. The van der Waals surface area contributed by atoms with Gasteiger partial charge in [0.05, 0.1) is 16.1 Å². The number of nitro groups is 1. The number of benzene rings is 2. The molecule has 3 rings (SSSR count). The molecule has 0 aliphatic rings. The third-order valence-electron chi connectivity index (χ3n) is 3.69. The van der Waals surface area contributed by atoms with Crippen LogP contribution in [0, 0.1) is 17.0 Å². The van der Waals surface area contributed by atoms with Crippen molar-refractivity contribution < 1.29 is 9.72 Å². The summed E-state index contributed by atoms with van der Waals surface area (Å²) in [4.78, 5) is 26.8. The predicted molar refractivity (Wildman–Crippen MR) is 92.5 cm³/mol. The molecule has 1 N–H and O–H groups in total. The maximum absolute atomic E-state index is 12.4. The quantitative estimate of drug-likeness (QED) is 0.566. The number of hydrogen-bond donors (Lipinski definition) is 1. The Kier molecular flexibility index (Phi) is 4.14. The standard InChI is InChI=1S/C17H12ClN3O3/c1-10-14(18)7-6-13-15(8-9-19-16(10)13)20-17(22)11-2-4-12(5-3-11)21(23)24/h2-9H,1H3,(H,19,20,22). The monoisotopic (exact) mass is 341 g/mol. The number of carbonyl (C=O) groups is 1. The zero-order chi connectivity index (χ0) is 17.3. The molecule has 2 aromatic carbocycles. The van der Waals surface area contributed by atoms with Crippen LogP contribution in [-0.2, 0) is 0 Å². The van der Waals surface area contributed by atoms with Crippen molar-refractivity contribution in [1.82, 2.24) is 4.98 Å². The zero-order valence-electron chi connectivity index (χ0n) is 12.6. The van der Waals surface area contributed by atoms with Gasteiger partial charge in [-0.1, -0.05) is 11.6 Å². The molecule has 3 aromatic rings. The number of pyridine rings is 1. The third kappa shape index (κ3) is 2.91. The molecule has 1 aromatic heterocycles. The predicted octanol–water partition coefficient (Wildman–Crippen LogP) is 4.36. The van der Waals surface area contributed by atoms with Crippen molar-refractivity contribution in [1.29, 1.82) is 0 Å². The fraction of sp³-hybridized carbons (Fsp3) is 0.0588. The Morgan fingerprint density at radius 3 is 2.54 bits per heavy atom. The molecule has 0 aliphatic carbocycles. The third-order valence-corrected chi connectivity index (χ3v) is 4.10. The van der Waals surface area contributed by atoms with Gasteiger partial charge in [0.15, 0.2) is 0 Å². The largest absolute Gasteiger partial charge is 0.321 e. The van der Waals surface area contributed by atoms with E-state index in [1.165, 1.54) is 24.3 Å². The molecule has 0 radical (unpaired) electrons. The number of amides is 1. The van der Waals surface area contributed by atoms with E-state index in [4.69, 9.17) is 11.6 Å². The number of aromatic nitrogens is 1. The summed E-state index contributed by atoms with van der Waals surface area (Å²) in [5.41, 5.74) is 2.41. The average molecular weight is 342 g/mol. The summed E-state index contributed by atoms with van der Waals surface area (Å²) in [6, 6.07) is 10.7. The first-order valence-electron chi connectivity index (χ1n) is 7.07. The number of hydrogen-bond acceptors (Lipinski definition) is 4. The molecule has 0 bridgehead atoms. The van der Waals surface area contributed by atoms with Gasteiger partial charge in [0.2, 0.25) is 0 Å². The van der Waals surface area contributed by atoms with E-state index in [0.717, 1.165) is 10.9 Å². The van der Waals surface area contributed by atoms with Crippen LogP contribution in [0.1, 0.15) is 15.9 Å². The number of nitrogens with zero attached hydrogens (tertiary/aromatic N) is 2. The molecule has 24 heavy (non-hydrogen) atoms. The molecule has 6 nitrogen and oxygen atoms in total. The minimum absolute atomic E-state index is 0.0637. The van der Waals surface area contributed by atoms with Gasteiger partial charge in [-0.05, 0) is 42.8 Å². The van der Waals surface area contributed by atoms with E-state index in [9.17, 15) is 14.9 Å². The molecule has 0 spiro atoms. The summed E-state index contributed by atoms with van der Waals surface area (Å²) in [5.74, 6) is -0.356. The van der Waals surface area contributed by atoms with E-state index in [1.54, 1.807) is 24.4 Å². The lowest BCUT2D eigenvalue weighted by atomic mass is 10.1. The summed E-state index contributed by atoms with van der Waals surface area (Å²) in [6.07, 6.45) is 1.59. The van der Waals surface area contributed by atoms with Gasteiger partial charge in [0, 0.05) is 34.3 Å². The highest BCUT2D eigenvalue weighted by Gasteiger charge is 2.12. The molecule has 120 valence electrons. The van der Waals surface area contributed by atoms with Crippen LogP contribution in [-0.4, -0.2) is 15.8 Å². The summed E-state index contributed by atoms with van der Waals surface area (Å²) >= 11 is 6.10. The second kappa shape index (κ2) is 6.25. The number of carbonyl (C=O) groups excluding carboxylic acids is 1. The van der Waals surface area contributed by atoms with Crippen molar-refractivity contribution in [3.8, 4) is 0 Å². The van der Waals surface area contributed by atoms with Crippen LogP contribution in [0.15, 0.2) is 48.7 Å². The van der Waals surface area contributed by atoms with E-state index in [0.29, 0.717) is 21.8 Å². The molecular formula is C17H12ClN3O3. The molecule has 7 heteroatoms. The number of nitrogens with one attached hydrogen (secondary N) is 1. The Morgan fingerprint density at radius 2 is 1.88 bits per heavy atom. The molecule has 1 amide bonds. The van der Waals surface area contributed by atoms with Crippen LogP contribution in [0.3, 0.4) is 0 Å². The first-order valence-corrected chi connectivity index (χ1v) is 7.45. The van der Waals surface area contributed by atoms with Crippen molar-refractivity contribution in [2.24, 2.45) is 0 Å². The maximum Gasteiger partial charge on any atom is 0.269 e. The fourth-order valence-corrected chi connectivity index (χ4v) is 2.53. The minimum Gasteiger partial charge on any atom is -0.321 e. The van der Waals surface area contributed by atoms with Crippen molar-refractivity contribution in [2.45, 2.75) is 6.92 Å². The van der Waals surface area contributed by atoms with Gasteiger partial charge in [0.25, 0.3) is 11.6 Å². The van der Waals surface area contributed by atoms with Gasteiger partial charge in [-0.25, -0.2) is 0 Å². The molecule has 0 saturated heterocycles. The van der Waals surface area contributed by atoms with Crippen LogP contribution in [0.25, 0.3) is 10.9 Å². The van der Waals surface area contributed by atoms with Crippen LogP contribution < -0.4 is 5.32 Å². The lowest BCUT2D eigenvalue weighted by Gasteiger charge is -2.10. The Labute approximate surface area is 142 Å². The van der Waals surface area contributed by atoms with Gasteiger partial charge < -0.3 is 5.32 Å². The minimum atomic E-state index is -0.509. The second-order valence-electron chi connectivity index (χ2n) is 5.19. The summed E-state index contributed by atoms with van der Waals surface area (Å²) in [6.45, 7) is 1.86. The van der Waals surface area contributed by atoms with E-state index < -0.39 is 4.92 Å². The first kappa shape index (κ1) is 15.9. The van der Waals surface area contributed by atoms with E-state index >= 15 is 0 Å².